The molecule has 3 aromatic rings. The molecule has 28 heavy (non-hydrogen) atoms. The topological polar surface area (TPSA) is 85.1 Å². The van der Waals surface area contributed by atoms with Crippen LogP contribution in [0.3, 0.4) is 0 Å². The van der Waals surface area contributed by atoms with Crippen molar-refractivity contribution in [2.45, 2.75) is 50.0 Å². The van der Waals surface area contributed by atoms with Gasteiger partial charge in [-0.05, 0) is 25.0 Å². The lowest BCUT2D eigenvalue weighted by molar-refractivity contribution is 0.00888. The second-order valence-electron chi connectivity index (χ2n) is 7.28. The quantitative estimate of drug-likeness (QED) is 0.699. The Morgan fingerprint density at radius 1 is 1.29 bits per heavy atom. The number of benzene rings is 1. The van der Waals surface area contributed by atoms with Gasteiger partial charge in [-0.15, -0.1) is 5.10 Å². The van der Waals surface area contributed by atoms with Crippen molar-refractivity contribution in [2.24, 2.45) is 0 Å². The Labute approximate surface area is 165 Å². The fraction of sp³-hybridized carbons (Fsp3) is 0.421. The largest absolute Gasteiger partial charge is 0.507 e. The number of aromatic nitrogens is 4. The molecule has 4 heterocycles. The summed E-state index contributed by atoms with van der Waals surface area (Å²) in [7, 11) is 0. The molecule has 0 radical (unpaired) electrons. The number of alkyl halides is 1. The Kier molecular flexibility index (Phi) is 4.48. The summed E-state index contributed by atoms with van der Waals surface area (Å²) in [4.78, 5) is 4.00. The van der Waals surface area contributed by atoms with Gasteiger partial charge in [0.25, 0.3) is 5.19 Å². The Balaban J connectivity index is 1.34. The number of imidazole rings is 1. The molecule has 2 bridgehead atoms. The number of nitrogens with one attached hydrogen (secondary N) is 1. The number of halogens is 1. The molecular weight excluding hydrogens is 381 g/mol. The third kappa shape index (κ3) is 3.24. The van der Waals surface area contributed by atoms with Gasteiger partial charge in [0, 0.05) is 37.0 Å². The maximum Gasteiger partial charge on any atom is 0.294 e. The highest BCUT2D eigenvalue weighted by Gasteiger charge is 2.41. The van der Waals surface area contributed by atoms with Crippen molar-refractivity contribution >= 4 is 11.3 Å². The van der Waals surface area contributed by atoms with Gasteiger partial charge in [-0.25, -0.2) is 9.37 Å². The first-order chi connectivity index (χ1) is 13.7. The zero-order valence-corrected chi connectivity index (χ0v) is 15.8. The van der Waals surface area contributed by atoms with Gasteiger partial charge >= 0.3 is 0 Å². The molecule has 7 nitrogen and oxygen atoms in total. The van der Waals surface area contributed by atoms with Crippen LogP contribution in [0.15, 0.2) is 36.9 Å². The van der Waals surface area contributed by atoms with Gasteiger partial charge in [-0.1, -0.05) is 22.9 Å². The molecule has 4 atom stereocenters. The lowest BCUT2D eigenvalue weighted by atomic mass is 9.84. The molecular formula is C19H20FN5O2S. The van der Waals surface area contributed by atoms with Crippen LogP contribution in [0.1, 0.15) is 25.7 Å². The summed E-state index contributed by atoms with van der Waals surface area (Å²) in [6.07, 6.45) is 7.18. The number of rotatable bonds is 4. The minimum absolute atomic E-state index is 0.0914. The summed E-state index contributed by atoms with van der Waals surface area (Å²) >= 11 is 1.22. The summed E-state index contributed by atoms with van der Waals surface area (Å²) < 4.78 is 22.4. The molecule has 0 amide bonds. The molecule has 2 aliphatic heterocycles. The molecule has 0 spiro atoms. The maximum absolute atomic E-state index is 14.7. The second kappa shape index (κ2) is 7.14. The first-order valence-electron chi connectivity index (χ1n) is 9.39. The van der Waals surface area contributed by atoms with E-state index in [0.29, 0.717) is 28.2 Å². The van der Waals surface area contributed by atoms with E-state index >= 15 is 0 Å². The average molecular weight is 401 g/mol. The molecule has 2 N–H and O–H groups in total. The predicted octanol–water partition coefficient (Wildman–Crippen LogP) is 3.10. The van der Waals surface area contributed by atoms with E-state index in [0.717, 1.165) is 24.9 Å². The molecule has 1 aromatic carbocycles. The average Bonchev–Trinajstić information content (AvgIpc) is 3.38. The van der Waals surface area contributed by atoms with Crippen LogP contribution in [0, 0.1) is 0 Å². The van der Waals surface area contributed by atoms with E-state index in [1.54, 1.807) is 35.4 Å². The third-order valence-corrected chi connectivity index (χ3v) is 6.29. The number of piperidine rings is 2. The highest BCUT2D eigenvalue weighted by Crippen LogP contribution is 2.37. The van der Waals surface area contributed by atoms with Crippen LogP contribution >= 0.6 is 11.3 Å². The fourth-order valence-corrected chi connectivity index (χ4v) is 4.83. The Morgan fingerprint density at radius 2 is 2.21 bits per heavy atom. The standard InChI is InChI=1S/C19H20FN5O2S/c20-17-14-3-1-2-11(22-14)8-16(17)27-19-24-23-18(28-19)13-5-4-12(9-15(13)26)25-7-6-21-10-25/h4-7,9-11,14,16-17,22,26H,1-3,8H2/t11-,14+,16-,17-/m0/s1. The first kappa shape index (κ1) is 17.6. The number of nitrogens with zero attached hydrogens (tertiary/aromatic N) is 4. The minimum Gasteiger partial charge on any atom is -0.507 e. The highest BCUT2D eigenvalue weighted by atomic mass is 32.1. The number of hydrogen-bond acceptors (Lipinski definition) is 7. The molecule has 0 saturated carbocycles. The van der Waals surface area contributed by atoms with Crippen LogP contribution in [-0.4, -0.2) is 49.2 Å². The van der Waals surface area contributed by atoms with Gasteiger partial charge in [-0.3, -0.25) is 0 Å². The molecule has 146 valence electrons. The Bertz CT molecular complexity index is 963. The fourth-order valence-electron chi connectivity index (χ4n) is 4.04. The van der Waals surface area contributed by atoms with Crippen LogP contribution in [0.25, 0.3) is 16.3 Å². The minimum atomic E-state index is -1.05. The van der Waals surface area contributed by atoms with E-state index < -0.39 is 12.3 Å². The Morgan fingerprint density at radius 3 is 3.04 bits per heavy atom. The van der Waals surface area contributed by atoms with Crippen molar-refractivity contribution in [3.05, 3.63) is 36.9 Å². The van der Waals surface area contributed by atoms with Crippen molar-refractivity contribution in [3.63, 3.8) is 0 Å². The first-order valence-corrected chi connectivity index (χ1v) is 10.2. The van der Waals surface area contributed by atoms with Crippen LogP contribution in [0.2, 0.25) is 0 Å². The molecule has 5 rings (SSSR count). The van der Waals surface area contributed by atoms with Crippen molar-refractivity contribution in [1.29, 1.82) is 0 Å². The smallest absolute Gasteiger partial charge is 0.294 e. The van der Waals surface area contributed by atoms with Crippen molar-refractivity contribution in [3.8, 4) is 27.2 Å². The number of aromatic hydroxyl groups is 1. The lowest BCUT2D eigenvalue weighted by Gasteiger charge is -2.42. The monoisotopic (exact) mass is 401 g/mol. The number of phenolic OH excluding ortho intramolecular Hbond substituents is 1. The second-order valence-corrected chi connectivity index (χ2v) is 8.22. The van der Waals surface area contributed by atoms with Gasteiger partial charge in [0.2, 0.25) is 0 Å². The summed E-state index contributed by atoms with van der Waals surface area (Å²) in [6.45, 7) is 0. The van der Waals surface area contributed by atoms with Gasteiger partial charge in [0.15, 0.2) is 11.2 Å². The lowest BCUT2D eigenvalue weighted by Crippen LogP contribution is -2.58. The van der Waals surface area contributed by atoms with Gasteiger partial charge in [0.05, 0.1) is 17.6 Å². The van der Waals surface area contributed by atoms with Crippen LogP contribution < -0.4 is 10.1 Å². The summed E-state index contributed by atoms with van der Waals surface area (Å²) in [5, 5.41) is 22.8. The van der Waals surface area contributed by atoms with Crippen LogP contribution in [0.4, 0.5) is 4.39 Å². The molecule has 0 aliphatic carbocycles. The van der Waals surface area contributed by atoms with Gasteiger partial charge < -0.3 is 19.7 Å². The zero-order valence-electron chi connectivity index (χ0n) is 15.0. The SMILES string of the molecule is Oc1cc(-n2ccnc2)ccc1-c1nnc(O[C@H]2C[C@@H]3CCC[C@@H](N3)[C@@H]2F)s1. The number of ether oxygens (including phenoxy) is 1. The summed E-state index contributed by atoms with van der Waals surface area (Å²) in [5.41, 5.74) is 1.36. The van der Waals surface area contributed by atoms with E-state index in [4.69, 9.17) is 4.74 Å². The van der Waals surface area contributed by atoms with Crippen molar-refractivity contribution in [1.82, 2.24) is 25.1 Å². The van der Waals surface area contributed by atoms with E-state index in [1.807, 2.05) is 6.07 Å². The van der Waals surface area contributed by atoms with Crippen molar-refractivity contribution < 1.29 is 14.2 Å². The van der Waals surface area contributed by atoms with E-state index in [1.165, 1.54) is 11.3 Å². The van der Waals surface area contributed by atoms with E-state index in [-0.39, 0.29) is 11.8 Å². The van der Waals surface area contributed by atoms with Gasteiger partial charge in [0.1, 0.15) is 11.9 Å². The summed E-state index contributed by atoms with van der Waals surface area (Å²) in [6, 6.07) is 5.46. The molecule has 2 aliphatic rings. The number of hydrogen-bond donors (Lipinski definition) is 2. The zero-order chi connectivity index (χ0) is 19.1. The third-order valence-electron chi connectivity index (χ3n) is 5.45. The van der Waals surface area contributed by atoms with Crippen LogP contribution in [0.5, 0.6) is 10.9 Å². The maximum atomic E-state index is 14.7. The van der Waals surface area contributed by atoms with Crippen molar-refractivity contribution in [2.75, 3.05) is 0 Å². The highest BCUT2D eigenvalue weighted by molar-refractivity contribution is 7.16. The van der Waals surface area contributed by atoms with E-state index in [9.17, 15) is 9.50 Å². The number of phenols is 1. The molecule has 2 fully saturated rings. The molecule has 2 saturated heterocycles. The molecule has 9 heteroatoms. The summed E-state index contributed by atoms with van der Waals surface area (Å²) in [5.74, 6) is 0.0914. The molecule has 2 aromatic heterocycles. The van der Waals surface area contributed by atoms with Gasteiger partial charge in [-0.2, -0.15) is 0 Å². The van der Waals surface area contributed by atoms with Crippen LogP contribution in [-0.2, 0) is 0 Å². The van der Waals surface area contributed by atoms with E-state index in [2.05, 4.69) is 20.5 Å². The normalized spacial score (nSPS) is 26.9. The number of fused-ring (bicyclic) bond motifs is 2. The Hall–Kier alpha value is -2.52. The molecule has 0 unspecified atom stereocenters. The predicted molar refractivity (Wildman–Crippen MR) is 103 cm³/mol.